The van der Waals surface area contributed by atoms with Crippen LogP contribution in [-0.4, -0.2) is 83.3 Å². The Balaban J connectivity index is 0.00000261. The number of sulfonamides is 1. The Kier molecular flexibility index (Phi) is 8.78. The molecule has 2 fully saturated rings. The van der Waals surface area contributed by atoms with Gasteiger partial charge in [-0.25, -0.2) is 8.42 Å². The van der Waals surface area contributed by atoms with Crippen LogP contribution in [0.2, 0.25) is 0 Å². The fourth-order valence-electron chi connectivity index (χ4n) is 3.43. The van der Waals surface area contributed by atoms with Crippen LogP contribution in [0.25, 0.3) is 0 Å². The number of morpholine rings is 1. The summed E-state index contributed by atoms with van der Waals surface area (Å²) in [5, 5.41) is 3.34. The highest BCUT2D eigenvalue weighted by molar-refractivity contribution is 7.89. The van der Waals surface area contributed by atoms with Gasteiger partial charge >= 0.3 is 0 Å². The summed E-state index contributed by atoms with van der Waals surface area (Å²) in [6, 6.07) is 7.28. The largest absolute Gasteiger partial charge is 0.492 e. The van der Waals surface area contributed by atoms with Gasteiger partial charge in [-0.2, -0.15) is 4.31 Å². The molecular weight excluding hydrogens is 390 g/mol. The minimum Gasteiger partial charge on any atom is -0.492 e. The van der Waals surface area contributed by atoms with E-state index in [9.17, 15) is 8.42 Å². The van der Waals surface area contributed by atoms with Gasteiger partial charge in [0.15, 0.2) is 0 Å². The smallest absolute Gasteiger partial charge is 0.243 e. The molecule has 2 heterocycles. The zero-order valence-corrected chi connectivity index (χ0v) is 17.4. The van der Waals surface area contributed by atoms with Crippen LogP contribution in [0, 0.1) is 0 Å². The number of halogens is 1. The molecule has 154 valence electrons. The molecule has 1 aromatic carbocycles. The number of likely N-dealkylation sites (N-methyl/N-ethyl adjacent to an activating group) is 1. The summed E-state index contributed by atoms with van der Waals surface area (Å²) in [5.74, 6) is 0.702. The zero-order chi connectivity index (χ0) is 18.4. The molecule has 0 bridgehead atoms. The van der Waals surface area contributed by atoms with Crippen molar-refractivity contribution in [1.82, 2.24) is 14.5 Å². The summed E-state index contributed by atoms with van der Waals surface area (Å²) in [6.07, 6.45) is 2.44. The van der Waals surface area contributed by atoms with Crippen molar-refractivity contribution < 1.29 is 17.9 Å². The fourth-order valence-corrected chi connectivity index (χ4v) is 4.84. The minimum atomic E-state index is -3.44. The molecule has 1 unspecified atom stereocenters. The molecule has 2 saturated heterocycles. The van der Waals surface area contributed by atoms with E-state index in [2.05, 4.69) is 10.2 Å². The van der Waals surface area contributed by atoms with Gasteiger partial charge in [0.05, 0.1) is 18.1 Å². The van der Waals surface area contributed by atoms with Crippen LogP contribution < -0.4 is 10.1 Å². The number of piperidine rings is 1. The normalized spacial score (nSPS) is 22.2. The van der Waals surface area contributed by atoms with Gasteiger partial charge in [-0.15, -0.1) is 12.4 Å². The van der Waals surface area contributed by atoms with Crippen molar-refractivity contribution in [1.29, 1.82) is 0 Å². The lowest BCUT2D eigenvalue weighted by atomic mass is 10.1. The van der Waals surface area contributed by atoms with Crippen LogP contribution in [0.15, 0.2) is 29.2 Å². The average Bonchev–Trinajstić information content (AvgIpc) is 2.69. The van der Waals surface area contributed by atoms with Crippen LogP contribution in [0.1, 0.15) is 12.8 Å². The number of hydrogen-bond acceptors (Lipinski definition) is 6. The van der Waals surface area contributed by atoms with E-state index in [1.807, 2.05) is 7.05 Å². The van der Waals surface area contributed by atoms with Crippen LogP contribution in [-0.2, 0) is 14.8 Å². The molecule has 2 aliphatic rings. The molecule has 3 rings (SSSR count). The molecule has 1 N–H and O–H groups in total. The van der Waals surface area contributed by atoms with Gasteiger partial charge in [-0.3, -0.25) is 4.90 Å². The van der Waals surface area contributed by atoms with Crippen molar-refractivity contribution in [3.05, 3.63) is 24.3 Å². The molecule has 27 heavy (non-hydrogen) atoms. The van der Waals surface area contributed by atoms with Gasteiger partial charge in [0.1, 0.15) is 12.4 Å². The fraction of sp³-hybridized carbons (Fsp3) is 0.667. The molecule has 0 spiro atoms. The highest BCUT2D eigenvalue weighted by Crippen LogP contribution is 2.20. The van der Waals surface area contributed by atoms with E-state index in [-0.39, 0.29) is 12.4 Å². The Bertz CT molecular complexity index is 666. The maximum Gasteiger partial charge on any atom is 0.243 e. The minimum absolute atomic E-state index is 0. The molecule has 2 aliphatic heterocycles. The summed E-state index contributed by atoms with van der Waals surface area (Å²) in [7, 11) is -1.43. The van der Waals surface area contributed by atoms with Gasteiger partial charge in [0.2, 0.25) is 10.0 Å². The van der Waals surface area contributed by atoms with Crippen molar-refractivity contribution in [2.24, 2.45) is 0 Å². The SMILES string of the molecule is CNC1CCCN(CCOc2ccc(S(=O)(=O)N3CCOCC3)cc2)C1.Cl. The molecule has 7 nitrogen and oxygen atoms in total. The van der Waals surface area contributed by atoms with E-state index in [1.54, 1.807) is 24.3 Å². The second-order valence-corrected chi connectivity index (χ2v) is 8.70. The summed E-state index contributed by atoms with van der Waals surface area (Å²) in [6.45, 7) is 5.36. The number of ether oxygens (including phenoxy) is 2. The predicted octanol–water partition coefficient (Wildman–Crippen LogP) is 1.19. The predicted molar refractivity (Wildman–Crippen MR) is 107 cm³/mol. The third kappa shape index (κ3) is 6.04. The molecule has 0 saturated carbocycles. The maximum absolute atomic E-state index is 12.6. The standard InChI is InChI=1S/C18H29N3O4S.ClH/c1-19-16-3-2-8-20(15-16)9-14-25-17-4-6-18(7-5-17)26(22,23)21-10-12-24-13-11-21;/h4-7,16,19H,2-3,8-15H2,1H3;1H. The molecule has 0 amide bonds. The van der Waals surface area contributed by atoms with Crippen molar-refractivity contribution >= 4 is 22.4 Å². The molecule has 0 aromatic heterocycles. The van der Waals surface area contributed by atoms with Gasteiger partial charge in [-0.05, 0) is 50.7 Å². The monoisotopic (exact) mass is 419 g/mol. The lowest BCUT2D eigenvalue weighted by Gasteiger charge is -2.32. The first-order valence-corrected chi connectivity index (χ1v) is 10.7. The van der Waals surface area contributed by atoms with E-state index in [1.165, 1.54) is 17.1 Å². The maximum atomic E-state index is 12.6. The topological polar surface area (TPSA) is 71.1 Å². The summed E-state index contributed by atoms with van der Waals surface area (Å²) >= 11 is 0. The van der Waals surface area contributed by atoms with Gasteiger partial charge < -0.3 is 14.8 Å². The number of likely N-dealkylation sites (tertiary alicyclic amines) is 1. The Morgan fingerprint density at radius 3 is 2.56 bits per heavy atom. The van der Waals surface area contributed by atoms with Gasteiger partial charge in [-0.1, -0.05) is 0 Å². The first kappa shape index (κ1) is 22.4. The second-order valence-electron chi connectivity index (χ2n) is 6.76. The van der Waals surface area contributed by atoms with E-state index in [4.69, 9.17) is 9.47 Å². The Morgan fingerprint density at radius 1 is 1.19 bits per heavy atom. The second kappa shape index (κ2) is 10.6. The highest BCUT2D eigenvalue weighted by atomic mass is 35.5. The third-order valence-corrected chi connectivity index (χ3v) is 6.93. The van der Waals surface area contributed by atoms with E-state index < -0.39 is 10.0 Å². The van der Waals surface area contributed by atoms with Crippen molar-refractivity contribution in [3.63, 3.8) is 0 Å². The first-order valence-electron chi connectivity index (χ1n) is 9.30. The third-order valence-electron chi connectivity index (χ3n) is 5.02. The Morgan fingerprint density at radius 2 is 1.89 bits per heavy atom. The molecule has 1 aromatic rings. The van der Waals surface area contributed by atoms with Crippen molar-refractivity contribution in [2.75, 3.05) is 59.6 Å². The van der Waals surface area contributed by atoms with Crippen LogP contribution in [0.3, 0.4) is 0 Å². The lowest BCUT2D eigenvalue weighted by Crippen LogP contribution is -2.45. The van der Waals surface area contributed by atoms with Crippen molar-refractivity contribution in [3.8, 4) is 5.75 Å². The molecular formula is C18H30ClN3O4S. The summed E-state index contributed by atoms with van der Waals surface area (Å²) in [4.78, 5) is 2.71. The van der Waals surface area contributed by atoms with E-state index >= 15 is 0 Å². The molecule has 0 radical (unpaired) electrons. The number of nitrogens with zero attached hydrogens (tertiary/aromatic N) is 2. The lowest BCUT2D eigenvalue weighted by molar-refractivity contribution is 0.0730. The number of nitrogens with one attached hydrogen (secondary N) is 1. The first-order chi connectivity index (χ1) is 12.6. The zero-order valence-electron chi connectivity index (χ0n) is 15.8. The van der Waals surface area contributed by atoms with E-state index in [0.717, 1.165) is 19.6 Å². The summed E-state index contributed by atoms with van der Waals surface area (Å²) < 4.78 is 37.7. The quantitative estimate of drug-likeness (QED) is 0.715. The summed E-state index contributed by atoms with van der Waals surface area (Å²) in [5.41, 5.74) is 0. The van der Waals surface area contributed by atoms with Gasteiger partial charge in [0, 0.05) is 32.2 Å². The molecule has 1 atom stereocenters. The molecule has 0 aliphatic carbocycles. The van der Waals surface area contributed by atoms with Crippen molar-refractivity contribution in [2.45, 2.75) is 23.8 Å². The van der Waals surface area contributed by atoms with Crippen LogP contribution in [0.5, 0.6) is 5.75 Å². The number of hydrogen-bond donors (Lipinski definition) is 1. The molecule has 9 heteroatoms. The van der Waals surface area contributed by atoms with Crippen LogP contribution >= 0.6 is 12.4 Å². The van der Waals surface area contributed by atoms with E-state index in [0.29, 0.717) is 49.6 Å². The Labute approximate surface area is 168 Å². The Hall–Kier alpha value is -0.900. The van der Waals surface area contributed by atoms with Crippen LogP contribution in [0.4, 0.5) is 0 Å². The number of rotatable bonds is 7. The van der Waals surface area contributed by atoms with Gasteiger partial charge in [0.25, 0.3) is 0 Å². The number of benzene rings is 1. The average molecular weight is 420 g/mol. The highest BCUT2D eigenvalue weighted by Gasteiger charge is 2.26.